The van der Waals surface area contributed by atoms with E-state index in [1.54, 1.807) is 10.9 Å². The number of hydrogen-bond donors (Lipinski definition) is 2. The highest BCUT2D eigenvalue weighted by Gasteiger charge is 2.36. The van der Waals surface area contributed by atoms with E-state index in [-0.39, 0.29) is 23.1 Å². The second-order valence-corrected chi connectivity index (χ2v) is 6.45. The average molecular weight is 388 g/mol. The lowest BCUT2D eigenvalue weighted by atomic mass is 10.2. The van der Waals surface area contributed by atoms with Gasteiger partial charge in [0.15, 0.2) is 17.4 Å². The zero-order valence-corrected chi connectivity index (χ0v) is 14.7. The number of amides is 1. The van der Waals surface area contributed by atoms with Crippen molar-refractivity contribution in [1.29, 1.82) is 0 Å². The minimum Gasteiger partial charge on any atom is -0.456 e. The Labute approximate surface area is 152 Å². The van der Waals surface area contributed by atoms with Crippen LogP contribution in [0.1, 0.15) is 25.8 Å². The van der Waals surface area contributed by atoms with Gasteiger partial charge >= 0.3 is 5.97 Å². The van der Waals surface area contributed by atoms with Crippen molar-refractivity contribution in [3.8, 4) is 0 Å². The number of aromatic nitrogens is 4. The van der Waals surface area contributed by atoms with Gasteiger partial charge in [0.25, 0.3) is 5.91 Å². The number of rotatable bonds is 4. The molecule has 0 aliphatic heterocycles. The number of ether oxygens (including phenoxy) is 1. The van der Waals surface area contributed by atoms with Crippen LogP contribution in [-0.2, 0) is 14.3 Å². The number of aliphatic hydroxyl groups is 1. The molecular weight excluding hydrogens is 373 g/mol. The third kappa shape index (κ3) is 3.83. The lowest BCUT2D eigenvalue weighted by Gasteiger charge is -2.16. The topological polar surface area (TPSA) is 119 Å². The quantitative estimate of drug-likeness (QED) is 0.453. The molecule has 0 unspecified atom stereocenters. The first-order valence-electron chi connectivity index (χ1n) is 7.51. The highest BCUT2D eigenvalue weighted by Crippen LogP contribution is 2.33. The van der Waals surface area contributed by atoms with Crippen LogP contribution in [0.4, 0.5) is 0 Å². The molecule has 1 aliphatic carbocycles. The Bertz CT molecular complexity index is 827. The number of fused-ring (bicyclic) bond motifs is 1. The molecule has 2 heterocycles. The summed E-state index contributed by atoms with van der Waals surface area (Å²) in [5.74, 6) is -1.01. The molecule has 2 N–H and O–H groups in total. The van der Waals surface area contributed by atoms with Crippen LogP contribution < -0.4 is 5.32 Å². The number of nitrogens with one attached hydrogen (secondary N) is 1. The van der Waals surface area contributed by atoms with Crippen molar-refractivity contribution < 1.29 is 19.4 Å². The first-order valence-corrected chi connectivity index (χ1v) is 8.27. The summed E-state index contributed by atoms with van der Waals surface area (Å²) < 4.78 is 6.40. The Balaban J connectivity index is 1.73. The summed E-state index contributed by atoms with van der Waals surface area (Å²) in [7, 11) is 0. The predicted octanol–water partition coefficient (Wildman–Crippen LogP) is 0.877. The van der Waals surface area contributed by atoms with Crippen molar-refractivity contribution >= 4 is 46.2 Å². The van der Waals surface area contributed by atoms with E-state index in [1.165, 1.54) is 6.92 Å². The number of halogens is 2. The van der Waals surface area contributed by atoms with E-state index in [4.69, 9.17) is 23.2 Å². The van der Waals surface area contributed by atoms with Crippen LogP contribution >= 0.6 is 23.2 Å². The number of aliphatic hydroxyl groups excluding tert-OH is 1. The lowest BCUT2D eigenvalue weighted by Crippen LogP contribution is -2.41. The summed E-state index contributed by atoms with van der Waals surface area (Å²) in [5, 5.41) is 13.0. The first-order chi connectivity index (χ1) is 11.8. The minimum absolute atomic E-state index is 0.00373. The summed E-state index contributed by atoms with van der Waals surface area (Å²) in [6.45, 7) is 0.839. The highest BCUT2D eigenvalue weighted by molar-refractivity contribution is 6.35. The SMILES string of the molecule is CC(=O)OCC(=O)N[C@H]1C[C@@H](n2cnc3c(Cl)nc(Cl)nc32)C[C@@H]1O. The van der Waals surface area contributed by atoms with Gasteiger partial charge in [0, 0.05) is 13.0 Å². The van der Waals surface area contributed by atoms with Gasteiger partial charge < -0.3 is 19.7 Å². The smallest absolute Gasteiger partial charge is 0.303 e. The average Bonchev–Trinajstić information content (AvgIpc) is 3.09. The molecule has 11 heteroatoms. The number of carbonyl (C=O) groups excluding carboxylic acids is 2. The Morgan fingerprint density at radius 3 is 2.88 bits per heavy atom. The molecule has 0 saturated heterocycles. The second kappa shape index (κ2) is 7.11. The van der Waals surface area contributed by atoms with Gasteiger partial charge in [-0.05, 0) is 24.4 Å². The van der Waals surface area contributed by atoms with Gasteiger partial charge in [-0.15, -0.1) is 0 Å². The fourth-order valence-electron chi connectivity index (χ4n) is 2.91. The standard InChI is InChI=1S/C14H15Cl2N5O4/c1-6(22)25-4-10(24)18-8-2-7(3-9(8)23)21-5-17-11-12(15)19-14(16)20-13(11)21/h5,7-9,23H,2-4H2,1H3,(H,18,24)/t7-,8+,9+/m1/s1. The summed E-state index contributed by atoms with van der Waals surface area (Å²) in [5.41, 5.74) is 0.886. The number of esters is 1. The van der Waals surface area contributed by atoms with Crippen LogP contribution in [0.3, 0.4) is 0 Å². The second-order valence-electron chi connectivity index (χ2n) is 5.75. The molecule has 0 spiro atoms. The van der Waals surface area contributed by atoms with Crippen LogP contribution in [0.15, 0.2) is 6.33 Å². The van der Waals surface area contributed by atoms with E-state index >= 15 is 0 Å². The van der Waals surface area contributed by atoms with E-state index < -0.39 is 24.0 Å². The molecule has 25 heavy (non-hydrogen) atoms. The number of imidazole rings is 1. The minimum atomic E-state index is -0.753. The molecule has 1 amide bonds. The Morgan fingerprint density at radius 1 is 1.40 bits per heavy atom. The van der Waals surface area contributed by atoms with Gasteiger partial charge in [-0.3, -0.25) is 9.59 Å². The molecule has 3 atom stereocenters. The molecule has 0 aromatic carbocycles. The van der Waals surface area contributed by atoms with Crippen molar-refractivity contribution in [2.45, 2.75) is 38.0 Å². The van der Waals surface area contributed by atoms with Gasteiger partial charge in [-0.1, -0.05) is 11.6 Å². The molecule has 134 valence electrons. The molecule has 9 nitrogen and oxygen atoms in total. The van der Waals surface area contributed by atoms with Crippen LogP contribution in [0.5, 0.6) is 0 Å². The Hall–Kier alpha value is -1.97. The first kappa shape index (κ1) is 17.8. The fourth-order valence-corrected chi connectivity index (χ4v) is 3.33. The van der Waals surface area contributed by atoms with Crippen molar-refractivity contribution in [2.24, 2.45) is 0 Å². The molecule has 0 radical (unpaired) electrons. The van der Waals surface area contributed by atoms with Crippen molar-refractivity contribution in [3.63, 3.8) is 0 Å². The summed E-state index contributed by atoms with van der Waals surface area (Å²) in [4.78, 5) is 34.7. The maximum absolute atomic E-state index is 11.8. The van der Waals surface area contributed by atoms with Crippen molar-refractivity contribution in [3.05, 3.63) is 16.8 Å². The van der Waals surface area contributed by atoms with Crippen LogP contribution in [-0.4, -0.2) is 55.3 Å². The maximum atomic E-state index is 11.8. The highest BCUT2D eigenvalue weighted by atomic mass is 35.5. The number of carbonyl (C=O) groups is 2. The van der Waals surface area contributed by atoms with E-state index in [2.05, 4.69) is 25.0 Å². The normalized spacial score (nSPS) is 23.0. The molecule has 2 aromatic heterocycles. The monoisotopic (exact) mass is 387 g/mol. The zero-order chi connectivity index (χ0) is 18.1. The molecule has 1 fully saturated rings. The number of hydrogen-bond acceptors (Lipinski definition) is 7. The van der Waals surface area contributed by atoms with Crippen LogP contribution in [0, 0.1) is 0 Å². The molecule has 2 aromatic rings. The molecule has 3 rings (SSSR count). The van der Waals surface area contributed by atoms with E-state index in [0.717, 1.165) is 0 Å². The van der Waals surface area contributed by atoms with E-state index in [0.29, 0.717) is 24.0 Å². The van der Waals surface area contributed by atoms with Gasteiger partial charge in [-0.25, -0.2) is 9.97 Å². The van der Waals surface area contributed by atoms with Gasteiger partial charge in [0.05, 0.1) is 18.5 Å². The summed E-state index contributed by atoms with van der Waals surface area (Å²) in [6.07, 6.45) is 1.65. The summed E-state index contributed by atoms with van der Waals surface area (Å²) >= 11 is 11.9. The molecule has 0 bridgehead atoms. The van der Waals surface area contributed by atoms with Crippen molar-refractivity contribution in [1.82, 2.24) is 24.8 Å². The van der Waals surface area contributed by atoms with E-state index in [1.807, 2.05) is 0 Å². The molecule has 1 aliphatic rings. The molecular formula is C14H15Cl2N5O4. The third-order valence-electron chi connectivity index (χ3n) is 4.00. The van der Waals surface area contributed by atoms with Crippen LogP contribution in [0.25, 0.3) is 11.2 Å². The lowest BCUT2D eigenvalue weighted by molar-refractivity contribution is -0.146. The third-order valence-corrected chi connectivity index (χ3v) is 4.43. The number of nitrogens with zero attached hydrogens (tertiary/aromatic N) is 4. The Kier molecular flexibility index (Phi) is 5.07. The zero-order valence-electron chi connectivity index (χ0n) is 13.1. The van der Waals surface area contributed by atoms with Gasteiger partial charge in [0.1, 0.15) is 5.52 Å². The summed E-state index contributed by atoms with van der Waals surface area (Å²) in [6, 6.07) is -0.626. The maximum Gasteiger partial charge on any atom is 0.303 e. The Morgan fingerprint density at radius 2 is 2.16 bits per heavy atom. The molecule has 1 saturated carbocycles. The largest absolute Gasteiger partial charge is 0.456 e. The van der Waals surface area contributed by atoms with Gasteiger partial charge in [0.2, 0.25) is 5.28 Å². The van der Waals surface area contributed by atoms with E-state index in [9.17, 15) is 14.7 Å². The fraction of sp³-hybridized carbons (Fsp3) is 0.500. The van der Waals surface area contributed by atoms with Crippen molar-refractivity contribution in [2.75, 3.05) is 6.61 Å². The van der Waals surface area contributed by atoms with Crippen LogP contribution in [0.2, 0.25) is 10.4 Å². The van der Waals surface area contributed by atoms with Gasteiger partial charge in [-0.2, -0.15) is 4.98 Å². The predicted molar refractivity (Wildman–Crippen MR) is 88.2 cm³/mol.